The van der Waals surface area contributed by atoms with Gasteiger partial charge >= 0.3 is 6.85 Å². The van der Waals surface area contributed by atoms with Crippen LogP contribution in [0.3, 0.4) is 0 Å². The zero-order chi connectivity index (χ0) is 52.6. The minimum Gasteiger partial charge on any atom is -0.507 e. The van der Waals surface area contributed by atoms with E-state index in [-0.39, 0.29) is 48.5 Å². The fraction of sp³-hybridized carbons (Fsp3) is 0.265. The van der Waals surface area contributed by atoms with E-state index < -0.39 is 6.85 Å². The Morgan fingerprint density at radius 3 is 1.81 bits per heavy atom. The van der Waals surface area contributed by atoms with Crippen LogP contribution in [0.1, 0.15) is 128 Å². The van der Waals surface area contributed by atoms with Gasteiger partial charge in [-0.1, -0.05) is 186 Å². The molecule has 2 aliphatic rings. The minimum atomic E-state index is -0.448. The second-order valence-electron chi connectivity index (χ2n) is 24.6. The van der Waals surface area contributed by atoms with E-state index in [1.807, 2.05) is 6.20 Å². The van der Waals surface area contributed by atoms with Crippen molar-refractivity contribution >= 4 is 23.5 Å². The Bertz CT molecular complexity index is 3550. The summed E-state index contributed by atoms with van der Waals surface area (Å²) < 4.78 is 2.40. The third kappa shape index (κ3) is 10.00. The van der Waals surface area contributed by atoms with Crippen LogP contribution in [0.5, 0.6) is 5.75 Å². The molecule has 0 spiro atoms. The first-order valence-corrected chi connectivity index (χ1v) is 26.2. The van der Waals surface area contributed by atoms with Crippen molar-refractivity contribution in [1.29, 1.82) is 0 Å². The number of aromatic nitrogens is 3. The number of aromatic hydroxyl groups is 1. The fourth-order valence-electron chi connectivity index (χ4n) is 10.7. The topological polar surface area (TPSA) is 54.2 Å². The summed E-state index contributed by atoms with van der Waals surface area (Å²) >= 11 is 0. The van der Waals surface area contributed by atoms with Crippen molar-refractivity contribution in [2.45, 2.75) is 119 Å². The molecule has 0 saturated heterocycles. The molecule has 7 heteroatoms. The number of imidazole rings is 1. The molecule has 2 aliphatic heterocycles. The normalized spacial score (nSPS) is 13.7. The predicted octanol–water partition coefficient (Wildman–Crippen LogP) is 15.5. The second kappa shape index (κ2) is 19.8. The standard InChI is InChI=1S/C68H70BN4O.Pt/c1-43-24-23-25-44(2)59(43)60-58-30-21-22-35-72(58)69(52-37-48(36-50(39-52)66(6,7)8)56-38-47(33-34-70-56)45-26-17-15-18-27-45)63-61(60)73(57-32-31-49(65(3,4)5)40-53(57)46-28-19-16-20-29-46)64(71-63)54-41-51(67(9,10)11)42-55(62(54)74)68(12,13)14;/h15-36,38-42,74H,1-14H3;/q-1;. The molecule has 1 N–H and O–H groups in total. The number of hydrogen-bond acceptors (Lipinski definition) is 4. The fourth-order valence-corrected chi connectivity index (χ4v) is 10.7. The first-order valence-electron chi connectivity index (χ1n) is 26.2. The average Bonchev–Trinajstić information content (AvgIpc) is 3.79. The number of nitrogens with zero attached hydrogens (tertiary/aromatic N) is 4. The third-order valence-corrected chi connectivity index (χ3v) is 15.0. The number of phenols is 1. The number of pyridine rings is 1. The SMILES string of the molecule is Cc1cccc(C)c1C1=C2C=CC=CN2B(c2[c-]c(-c3cc(-c4ccccc4)ccn3)cc(C(C)(C)C)c2)c2nc(-c3cc(C(C)(C)C)cc(C(C)(C)C)c3O)n(-c3ccc(C(C)(C)C)cc3-c3ccccc3)c21.[Pt]. The van der Waals surface area contributed by atoms with Crippen LogP contribution >= 0.6 is 0 Å². The van der Waals surface area contributed by atoms with Gasteiger partial charge in [0, 0.05) is 49.7 Å². The summed E-state index contributed by atoms with van der Waals surface area (Å²) in [5.41, 5.74) is 19.8. The molecule has 4 heterocycles. The third-order valence-electron chi connectivity index (χ3n) is 15.0. The molecule has 0 radical (unpaired) electrons. The van der Waals surface area contributed by atoms with Crippen LogP contribution in [-0.2, 0) is 42.7 Å². The van der Waals surface area contributed by atoms with E-state index >= 15 is 0 Å². The molecule has 0 amide bonds. The first-order chi connectivity index (χ1) is 35.0. The number of aryl methyl sites for hydroxylation is 2. The molecule has 75 heavy (non-hydrogen) atoms. The Balaban J connectivity index is 0.00000689. The number of fused-ring (bicyclic) bond motifs is 2. The van der Waals surface area contributed by atoms with Crippen LogP contribution in [0.4, 0.5) is 0 Å². The van der Waals surface area contributed by atoms with Gasteiger partial charge in [-0.2, -0.15) is 0 Å². The van der Waals surface area contributed by atoms with E-state index in [1.165, 1.54) is 22.3 Å². The first kappa shape index (κ1) is 53.1. The molecule has 2 aromatic heterocycles. The van der Waals surface area contributed by atoms with Gasteiger partial charge in [0.25, 0.3) is 0 Å². The van der Waals surface area contributed by atoms with Crippen LogP contribution < -0.4 is 11.1 Å². The van der Waals surface area contributed by atoms with Gasteiger partial charge in [0.1, 0.15) is 11.6 Å². The predicted molar refractivity (Wildman–Crippen MR) is 312 cm³/mol. The maximum Gasteiger partial charge on any atom is 0.331 e. The molecular weight excluding hydrogens is 1090 g/mol. The van der Waals surface area contributed by atoms with E-state index in [1.54, 1.807) is 0 Å². The van der Waals surface area contributed by atoms with Crippen LogP contribution in [-0.4, -0.2) is 31.3 Å². The molecule has 382 valence electrons. The zero-order valence-electron chi connectivity index (χ0n) is 46.2. The molecule has 10 rings (SSSR count). The van der Waals surface area contributed by atoms with Crippen LogP contribution in [0.25, 0.3) is 56.2 Å². The summed E-state index contributed by atoms with van der Waals surface area (Å²) in [4.78, 5) is 13.5. The van der Waals surface area contributed by atoms with E-state index in [4.69, 9.17) is 9.97 Å². The Morgan fingerprint density at radius 2 is 1.19 bits per heavy atom. The molecule has 0 bridgehead atoms. The van der Waals surface area contributed by atoms with Crippen LogP contribution in [0.2, 0.25) is 0 Å². The van der Waals surface area contributed by atoms with Gasteiger partial charge < -0.3 is 14.9 Å². The number of phenolic OH excluding ortho intramolecular Hbond substituents is 1. The van der Waals surface area contributed by atoms with Crippen molar-refractivity contribution in [3.05, 3.63) is 220 Å². The largest absolute Gasteiger partial charge is 0.507 e. The van der Waals surface area contributed by atoms with E-state index in [2.05, 4.69) is 270 Å². The Kier molecular flexibility index (Phi) is 14.0. The quantitative estimate of drug-likeness (QED) is 0.128. The van der Waals surface area contributed by atoms with Crippen molar-refractivity contribution in [3.8, 4) is 56.3 Å². The Hall–Kier alpha value is -6.75. The smallest absolute Gasteiger partial charge is 0.331 e. The summed E-state index contributed by atoms with van der Waals surface area (Å²) in [6.45, 7) is 31.0. The number of allylic oxidation sites excluding steroid dienone is 3. The van der Waals surface area contributed by atoms with Crippen LogP contribution in [0, 0.1) is 19.9 Å². The van der Waals surface area contributed by atoms with Gasteiger partial charge in [0.2, 0.25) is 0 Å². The van der Waals surface area contributed by atoms with Gasteiger partial charge in [-0.05, 0) is 128 Å². The maximum atomic E-state index is 13.1. The molecule has 5 nitrogen and oxygen atoms in total. The molecule has 0 fully saturated rings. The monoisotopic (exact) mass is 1160 g/mol. The zero-order valence-corrected chi connectivity index (χ0v) is 48.5. The summed E-state index contributed by atoms with van der Waals surface area (Å²) in [7, 11) is 0. The van der Waals surface area contributed by atoms with Gasteiger partial charge in [-0.15, -0.1) is 34.8 Å². The molecule has 8 aromatic rings. The van der Waals surface area contributed by atoms with Crippen molar-refractivity contribution in [2.75, 3.05) is 0 Å². The van der Waals surface area contributed by atoms with E-state index in [0.29, 0.717) is 11.4 Å². The summed E-state index contributed by atoms with van der Waals surface area (Å²) in [5, 5.41) is 13.1. The second-order valence-corrected chi connectivity index (χ2v) is 24.6. The van der Waals surface area contributed by atoms with Crippen molar-refractivity contribution in [3.63, 3.8) is 0 Å². The van der Waals surface area contributed by atoms with Gasteiger partial charge in [-0.3, -0.25) is 4.57 Å². The van der Waals surface area contributed by atoms with Gasteiger partial charge in [-0.25, -0.2) is 4.98 Å². The van der Waals surface area contributed by atoms with Crippen LogP contribution in [0.15, 0.2) is 170 Å². The minimum absolute atomic E-state index is 0. The summed E-state index contributed by atoms with van der Waals surface area (Å²) in [6, 6.07) is 52.1. The van der Waals surface area contributed by atoms with E-state index in [9.17, 15) is 5.11 Å². The number of rotatable bonds is 7. The molecule has 6 aromatic carbocycles. The Morgan fingerprint density at radius 1 is 0.573 bits per heavy atom. The summed E-state index contributed by atoms with van der Waals surface area (Å²) in [5.74, 6) is 0.918. The molecule has 0 atom stereocenters. The Labute approximate surface area is 461 Å². The molecule has 0 saturated carbocycles. The number of hydrogen-bond donors (Lipinski definition) is 1. The molecule has 0 unspecified atom stereocenters. The summed E-state index contributed by atoms with van der Waals surface area (Å²) in [6.07, 6.45) is 10.7. The van der Waals surface area contributed by atoms with Gasteiger partial charge in [0.05, 0.1) is 22.5 Å². The van der Waals surface area contributed by atoms with E-state index in [0.717, 1.165) is 83.9 Å². The molecule has 0 aliphatic carbocycles. The average molecular weight is 1170 g/mol. The van der Waals surface area contributed by atoms with Gasteiger partial charge in [0.15, 0.2) is 0 Å². The maximum absolute atomic E-state index is 13.1. The number of benzene rings is 6. The van der Waals surface area contributed by atoms with Crippen molar-refractivity contribution < 1.29 is 26.2 Å². The van der Waals surface area contributed by atoms with Crippen molar-refractivity contribution in [1.82, 2.24) is 19.3 Å². The molecular formula is C68H70BN4OPt-. The van der Waals surface area contributed by atoms with Crippen molar-refractivity contribution in [2.24, 2.45) is 0 Å².